The summed E-state index contributed by atoms with van der Waals surface area (Å²) >= 11 is 0. The van der Waals surface area contributed by atoms with Crippen molar-refractivity contribution in [3.63, 3.8) is 0 Å². The Balaban J connectivity index is 1.03. The molecule has 2 bridgehead atoms. The summed E-state index contributed by atoms with van der Waals surface area (Å²) in [4.78, 5) is 19.4. The second-order valence-corrected chi connectivity index (χ2v) is 15.6. The van der Waals surface area contributed by atoms with Crippen LogP contribution in [0.25, 0.3) is 0 Å². The first kappa shape index (κ1) is 32.8. The van der Waals surface area contributed by atoms with Gasteiger partial charge in [-0.05, 0) is 106 Å². The monoisotopic (exact) mass is 662 g/mol. The first-order chi connectivity index (χ1) is 24.1. The highest BCUT2D eigenvalue weighted by molar-refractivity contribution is 5.77. The fraction of sp³-hybridized carbons (Fsp3) is 0.558. The fourth-order valence-electron chi connectivity index (χ4n) is 10.3. The summed E-state index contributed by atoms with van der Waals surface area (Å²) in [5, 5.41) is 10.2. The molecule has 7 atom stereocenters. The summed E-state index contributed by atoms with van der Waals surface area (Å²) in [7, 11) is 1.76. The molecule has 2 unspecified atom stereocenters. The van der Waals surface area contributed by atoms with Crippen molar-refractivity contribution < 1.29 is 19.4 Å². The maximum Gasteiger partial charge on any atom is 0.222 e. The molecule has 8 rings (SSSR count). The molecule has 260 valence electrons. The molecule has 1 saturated heterocycles. The molecule has 6 nitrogen and oxygen atoms in total. The average Bonchev–Trinajstić information content (AvgIpc) is 3.71. The van der Waals surface area contributed by atoms with Gasteiger partial charge in [-0.2, -0.15) is 0 Å². The predicted molar refractivity (Wildman–Crippen MR) is 193 cm³/mol. The van der Waals surface area contributed by atoms with Gasteiger partial charge < -0.3 is 19.5 Å². The van der Waals surface area contributed by atoms with E-state index < -0.39 is 0 Å². The highest BCUT2D eigenvalue weighted by Gasteiger charge is 2.67. The third kappa shape index (κ3) is 6.29. The number of unbranched alkanes of at least 4 members (excludes halogenated alkanes) is 3. The number of carbonyl (C=O) groups is 1. The number of carbonyl (C=O) groups excluding carboxylic acids is 1. The van der Waals surface area contributed by atoms with Crippen LogP contribution in [0.1, 0.15) is 86.5 Å². The van der Waals surface area contributed by atoms with Crippen molar-refractivity contribution in [3.05, 3.63) is 95.1 Å². The lowest BCUT2D eigenvalue weighted by Gasteiger charge is -2.60. The van der Waals surface area contributed by atoms with E-state index in [1.807, 2.05) is 0 Å². The van der Waals surface area contributed by atoms with Gasteiger partial charge in [0.15, 0.2) is 11.5 Å². The van der Waals surface area contributed by atoms with Gasteiger partial charge in [-0.25, -0.2) is 0 Å². The number of hydrogen-bond donors (Lipinski definition) is 1. The van der Waals surface area contributed by atoms with E-state index in [1.54, 1.807) is 7.11 Å². The third-order valence-corrected chi connectivity index (χ3v) is 12.8. The van der Waals surface area contributed by atoms with Crippen molar-refractivity contribution in [1.82, 2.24) is 9.80 Å². The second kappa shape index (κ2) is 14.1. The Kier molecular flexibility index (Phi) is 9.45. The van der Waals surface area contributed by atoms with Crippen molar-refractivity contribution in [2.45, 2.75) is 113 Å². The number of ether oxygens (including phenoxy) is 2. The van der Waals surface area contributed by atoms with E-state index in [9.17, 15) is 9.90 Å². The number of nitrogens with zero attached hydrogens (tertiary/aromatic N) is 2. The molecule has 3 aromatic carbocycles. The Morgan fingerprint density at radius 2 is 1.65 bits per heavy atom. The van der Waals surface area contributed by atoms with E-state index in [0.717, 1.165) is 108 Å². The van der Waals surface area contributed by atoms with E-state index in [2.05, 4.69) is 82.6 Å². The normalized spacial score (nSPS) is 29.2. The first-order valence-electron chi connectivity index (χ1n) is 19.2. The van der Waals surface area contributed by atoms with Crippen LogP contribution in [0.3, 0.4) is 0 Å². The molecule has 6 heteroatoms. The maximum atomic E-state index is 14.4. The molecule has 0 aromatic heterocycles. The highest BCUT2D eigenvalue weighted by atomic mass is 16.5. The van der Waals surface area contributed by atoms with Crippen molar-refractivity contribution in [2.24, 2.45) is 11.8 Å². The van der Waals surface area contributed by atoms with Gasteiger partial charge in [0.25, 0.3) is 0 Å². The predicted octanol–water partition coefficient (Wildman–Crippen LogP) is 7.14. The van der Waals surface area contributed by atoms with Gasteiger partial charge in [0.05, 0.1) is 19.3 Å². The highest BCUT2D eigenvalue weighted by Crippen LogP contribution is 2.64. The first-order valence-corrected chi connectivity index (χ1v) is 19.2. The van der Waals surface area contributed by atoms with Crippen molar-refractivity contribution in [3.8, 4) is 11.5 Å². The lowest BCUT2D eigenvalue weighted by Crippen LogP contribution is -2.69. The number of aryl methyl sites for hydroxylation is 2. The zero-order chi connectivity index (χ0) is 33.4. The minimum atomic E-state index is -0.124. The van der Waals surface area contributed by atoms with Crippen LogP contribution in [0.2, 0.25) is 0 Å². The Labute approximate surface area is 292 Å². The zero-order valence-corrected chi connectivity index (χ0v) is 29.3. The molecular formula is C43H54N2O4. The molecular weight excluding hydrogens is 608 g/mol. The van der Waals surface area contributed by atoms with Crippen LogP contribution in [0.5, 0.6) is 11.5 Å². The van der Waals surface area contributed by atoms with Gasteiger partial charge in [-0.1, -0.05) is 73.2 Å². The topological polar surface area (TPSA) is 62.2 Å². The van der Waals surface area contributed by atoms with Gasteiger partial charge in [0.2, 0.25) is 5.91 Å². The lowest BCUT2D eigenvalue weighted by atomic mass is 9.51. The van der Waals surface area contributed by atoms with Crippen LogP contribution >= 0.6 is 0 Å². The standard InChI is InChI=1S/C43H54N2O4/c1-48-38-23-20-32-27-36-34-21-22-35(42-43(34,40(32)41(38)49-42)24-26-44(36)29-33-28-37(33)46)45(25-12-11-18-31-15-7-3-8-16-31)39(47)19-10-4-9-17-30-13-5-2-6-14-30/h2-3,5-8,13-16,20,23,33-37,42,46H,4,9-12,17-19,21-22,24-29H2,1H3/t33?,34-,35-,36+,37?,42-,43-/m0/s1. The van der Waals surface area contributed by atoms with E-state index in [0.29, 0.717) is 30.2 Å². The Morgan fingerprint density at radius 1 is 0.939 bits per heavy atom. The molecule has 2 aliphatic heterocycles. The molecule has 1 amide bonds. The smallest absolute Gasteiger partial charge is 0.222 e. The molecule has 2 saturated carbocycles. The van der Waals surface area contributed by atoms with Crippen LogP contribution < -0.4 is 9.47 Å². The molecule has 3 aromatic rings. The van der Waals surface area contributed by atoms with E-state index in [4.69, 9.17) is 9.47 Å². The van der Waals surface area contributed by atoms with Crippen LogP contribution in [-0.2, 0) is 29.5 Å². The number of hydrogen-bond acceptors (Lipinski definition) is 5. The number of amides is 1. The maximum absolute atomic E-state index is 14.4. The zero-order valence-electron chi connectivity index (χ0n) is 29.3. The average molecular weight is 663 g/mol. The lowest BCUT2D eigenvalue weighted by molar-refractivity contribution is -0.143. The molecule has 0 radical (unpaired) electrons. The fourth-order valence-corrected chi connectivity index (χ4v) is 10.3. The van der Waals surface area contributed by atoms with Gasteiger partial charge >= 0.3 is 0 Å². The number of aliphatic hydroxyl groups excluding tert-OH is 1. The molecule has 1 N–H and O–H groups in total. The van der Waals surface area contributed by atoms with Crippen molar-refractivity contribution >= 4 is 5.91 Å². The van der Waals surface area contributed by atoms with E-state index >= 15 is 0 Å². The molecule has 2 heterocycles. The minimum Gasteiger partial charge on any atom is -0.493 e. The summed E-state index contributed by atoms with van der Waals surface area (Å²) in [5.41, 5.74) is 5.45. The third-order valence-electron chi connectivity index (χ3n) is 12.8. The summed E-state index contributed by atoms with van der Waals surface area (Å²) in [6, 6.07) is 26.3. The molecule has 3 aliphatic carbocycles. The molecule has 3 fully saturated rings. The van der Waals surface area contributed by atoms with Crippen molar-refractivity contribution in [2.75, 3.05) is 26.7 Å². The van der Waals surface area contributed by atoms with Crippen LogP contribution in [0.4, 0.5) is 0 Å². The van der Waals surface area contributed by atoms with E-state index in [-0.39, 0.29) is 23.7 Å². The summed E-state index contributed by atoms with van der Waals surface area (Å²) in [5.74, 6) is 3.00. The number of aliphatic hydroxyl groups is 1. The van der Waals surface area contributed by atoms with Crippen LogP contribution in [0.15, 0.2) is 72.8 Å². The largest absolute Gasteiger partial charge is 0.493 e. The van der Waals surface area contributed by atoms with Crippen LogP contribution in [0, 0.1) is 11.8 Å². The summed E-state index contributed by atoms with van der Waals surface area (Å²) < 4.78 is 13.1. The number of likely N-dealkylation sites (tertiary alicyclic amines) is 1. The van der Waals surface area contributed by atoms with Crippen LogP contribution in [-0.4, -0.2) is 71.8 Å². The molecule has 5 aliphatic rings. The van der Waals surface area contributed by atoms with Crippen molar-refractivity contribution in [1.29, 1.82) is 0 Å². The Hall–Kier alpha value is -3.35. The number of rotatable bonds is 15. The number of benzene rings is 3. The molecule has 49 heavy (non-hydrogen) atoms. The Morgan fingerprint density at radius 3 is 2.35 bits per heavy atom. The molecule has 1 spiro atoms. The minimum absolute atomic E-state index is 0.0519. The summed E-state index contributed by atoms with van der Waals surface area (Å²) in [6.07, 6.45) is 12.8. The van der Waals surface area contributed by atoms with E-state index in [1.165, 1.54) is 22.3 Å². The SMILES string of the molecule is COc1ccc2c3c1O[C@H]1[C@@H](N(CCCCc4ccccc4)C(=O)CCCCCc4ccccc4)CC[C@H]4[C@@H](C2)N(CC2CC2O)CC[C@@]341. The van der Waals surface area contributed by atoms with Gasteiger partial charge in [0, 0.05) is 42.4 Å². The number of piperidine rings is 1. The second-order valence-electron chi connectivity index (χ2n) is 15.6. The number of methoxy groups -OCH3 is 1. The Bertz CT molecular complexity index is 1600. The van der Waals surface area contributed by atoms with Gasteiger partial charge in [0.1, 0.15) is 6.10 Å². The summed E-state index contributed by atoms with van der Waals surface area (Å²) in [6.45, 7) is 2.82. The quantitative estimate of drug-likeness (QED) is 0.175. The van der Waals surface area contributed by atoms with Gasteiger partial charge in [-0.15, -0.1) is 0 Å². The van der Waals surface area contributed by atoms with Gasteiger partial charge in [-0.3, -0.25) is 9.69 Å².